The molecule has 0 amide bonds. The molecule has 0 aliphatic rings. The van der Waals surface area contributed by atoms with E-state index in [1.807, 2.05) is 31.3 Å². The van der Waals surface area contributed by atoms with Crippen LogP contribution in [0.5, 0.6) is 5.75 Å². The number of nitrogen functional groups attached to an aromatic ring is 1. The van der Waals surface area contributed by atoms with Crippen molar-refractivity contribution in [2.24, 2.45) is 7.05 Å². The first-order valence-electron chi connectivity index (χ1n) is 6.32. The SMILES string of the molecule is COc1ccc(-c2c(C(C)(C)C)nn(C)c2N)cc1. The Balaban J connectivity index is 2.60. The predicted octanol–water partition coefficient (Wildman–Crippen LogP) is 2.98. The lowest BCUT2D eigenvalue weighted by molar-refractivity contribution is 0.415. The van der Waals surface area contributed by atoms with E-state index in [4.69, 9.17) is 10.5 Å². The predicted molar refractivity (Wildman–Crippen MR) is 78.3 cm³/mol. The molecule has 0 fully saturated rings. The number of nitrogens with two attached hydrogens (primary N) is 1. The van der Waals surface area contributed by atoms with Crippen LogP contribution in [0.4, 0.5) is 5.82 Å². The van der Waals surface area contributed by atoms with Crippen LogP contribution >= 0.6 is 0 Å². The van der Waals surface area contributed by atoms with E-state index in [0.29, 0.717) is 5.82 Å². The van der Waals surface area contributed by atoms with Crippen LogP contribution in [0.1, 0.15) is 26.5 Å². The summed E-state index contributed by atoms with van der Waals surface area (Å²) < 4.78 is 6.92. The molecule has 2 aromatic rings. The average Bonchev–Trinajstić information content (AvgIpc) is 2.66. The first kappa shape index (κ1) is 13.5. The molecule has 0 bridgehead atoms. The quantitative estimate of drug-likeness (QED) is 0.902. The Kier molecular flexibility index (Phi) is 3.27. The highest BCUT2D eigenvalue weighted by atomic mass is 16.5. The van der Waals surface area contributed by atoms with Crippen LogP contribution < -0.4 is 10.5 Å². The number of anilines is 1. The smallest absolute Gasteiger partial charge is 0.129 e. The Morgan fingerprint density at radius 3 is 2.21 bits per heavy atom. The average molecular weight is 259 g/mol. The van der Waals surface area contributed by atoms with Gasteiger partial charge in [-0.15, -0.1) is 0 Å². The molecule has 4 nitrogen and oxygen atoms in total. The number of methoxy groups -OCH3 is 1. The van der Waals surface area contributed by atoms with Crippen molar-refractivity contribution in [1.29, 1.82) is 0 Å². The van der Waals surface area contributed by atoms with Gasteiger partial charge in [0.25, 0.3) is 0 Å². The standard InChI is InChI=1S/C15H21N3O/c1-15(2,3)13-12(14(16)18(4)17-13)10-6-8-11(19-5)9-7-10/h6-9H,16H2,1-5H3. The van der Waals surface area contributed by atoms with Crippen molar-refractivity contribution in [1.82, 2.24) is 9.78 Å². The zero-order valence-corrected chi connectivity index (χ0v) is 12.2. The summed E-state index contributed by atoms with van der Waals surface area (Å²) in [5.74, 6) is 1.53. The lowest BCUT2D eigenvalue weighted by Gasteiger charge is -2.17. The highest BCUT2D eigenvalue weighted by Gasteiger charge is 2.25. The maximum Gasteiger partial charge on any atom is 0.129 e. The van der Waals surface area contributed by atoms with E-state index in [-0.39, 0.29) is 5.41 Å². The minimum Gasteiger partial charge on any atom is -0.497 e. The summed E-state index contributed by atoms with van der Waals surface area (Å²) in [4.78, 5) is 0. The molecule has 2 N–H and O–H groups in total. The fourth-order valence-corrected chi connectivity index (χ4v) is 2.10. The molecule has 0 aliphatic carbocycles. The second kappa shape index (κ2) is 4.61. The number of aromatic nitrogens is 2. The van der Waals surface area contributed by atoms with E-state index >= 15 is 0 Å². The van der Waals surface area contributed by atoms with Crippen molar-refractivity contribution < 1.29 is 4.74 Å². The summed E-state index contributed by atoms with van der Waals surface area (Å²) in [6.07, 6.45) is 0. The lowest BCUT2D eigenvalue weighted by atomic mass is 9.87. The van der Waals surface area contributed by atoms with Gasteiger partial charge in [-0.25, -0.2) is 0 Å². The Bertz CT molecular complexity index is 577. The van der Waals surface area contributed by atoms with E-state index in [1.54, 1.807) is 11.8 Å². The van der Waals surface area contributed by atoms with E-state index < -0.39 is 0 Å². The van der Waals surface area contributed by atoms with E-state index in [9.17, 15) is 0 Å². The minimum atomic E-state index is -0.0510. The normalized spacial score (nSPS) is 11.6. The number of hydrogen-bond donors (Lipinski definition) is 1. The van der Waals surface area contributed by atoms with Crippen LogP contribution in [0.3, 0.4) is 0 Å². The summed E-state index contributed by atoms with van der Waals surface area (Å²) in [5.41, 5.74) is 9.21. The van der Waals surface area contributed by atoms with Crippen LogP contribution in [-0.4, -0.2) is 16.9 Å². The Morgan fingerprint density at radius 2 is 1.74 bits per heavy atom. The van der Waals surface area contributed by atoms with Gasteiger partial charge < -0.3 is 10.5 Å². The Hall–Kier alpha value is -1.97. The van der Waals surface area contributed by atoms with Crippen LogP contribution in [0.2, 0.25) is 0 Å². The highest BCUT2D eigenvalue weighted by molar-refractivity contribution is 5.77. The first-order valence-corrected chi connectivity index (χ1v) is 6.32. The maximum absolute atomic E-state index is 6.17. The van der Waals surface area contributed by atoms with Gasteiger partial charge in [0.2, 0.25) is 0 Å². The molecule has 0 saturated heterocycles. The third kappa shape index (κ3) is 2.43. The fourth-order valence-electron chi connectivity index (χ4n) is 2.10. The van der Waals surface area contributed by atoms with Gasteiger partial charge in [-0.05, 0) is 17.7 Å². The summed E-state index contributed by atoms with van der Waals surface area (Å²) in [7, 11) is 3.53. The van der Waals surface area contributed by atoms with E-state index in [1.165, 1.54) is 0 Å². The molecule has 0 aliphatic heterocycles. The van der Waals surface area contributed by atoms with Crippen molar-refractivity contribution in [3.63, 3.8) is 0 Å². The summed E-state index contributed by atoms with van der Waals surface area (Å²) in [5, 5.41) is 4.56. The maximum atomic E-state index is 6.17. The molecule has 0 unspecified atom stereocenters. The molecule has 0 saturated carbocycles. The third-order valence-corrected chi connectivity index (χ3v) is 3.18. The Morgan fingerprint density at radius 1 is 1.16 bits per heavy atom. The molecule has 1 heterocycles. The lowest BCUT2D eigenvalue weighted by Crippen LogP contribution is -2.13. The van der Waals surface area contributed by atoms with Gasteiger partial charge in [0.05, 0.1) is 12.8 Å². The molecule has 0 atom stereocenters. The van der Waals surface area contributed by atoms with Crippen LogP contribution in [0, 0.1) is 0 Å². The summed E-state index contributed by atoms with van der Waals surface area (Å²) in [6, 6.07) is 7.91. The van der Waals surface area contributed by atoms with Crippen LogP contribution in [-0.2, 0) is 12.5 Å². The minimum absolute atomic E-state index is 0.0510. The zero-order valence-electron chi connectivity index (χ0n) is 12.2. The summed E-state index contributed by atoms with van der Waals surface area (Å²) >= 11 is 0. The van der Waals surface area contributed by atoms with Crippen molar-refractivity contribution in [3.8, 4) is 16.9 Å². The molecular weight excluding hydrogens is 238 g/mol. The van der Waals surface area contributed by atoms with Crippen LogP contribution in [0.15, 0.2) is 24.3 Å². The molecule has 4 heteroatoms. The zero-order chi connectivity index (χ0) is 14.2. The van der Waals surface area contributed by atoms with Crippen molar-refractivity contribution in [2.45, 2.75) is 26.2 Å². The van der Waals surface area contributed by atoms with Crippen LogP contribution in [0.25, 0.3) is 11.1 Å². The number of rotatable bonds is 2. The molecule has 1 aromatic carbocycles. The number of aryl methyl sites for hydroxylation is 1. The van der Waals surface area contributed by atoms with Gasteiger partial charge >= 0.3 is 0 Å². The fraction of sp³-hybridized carbons (Fsp3) is 0.400. The molecule has 2 rings (SSSR count). The van der Waals surface area contributed by atoms with Gasteiger partial charge in [0, 0.05) is 18.0 Å². The van der Waals surface area contributed by atoms with Crippen molar-refractivity contribution in [3.05, 3.63) is 30.0 Å². The largest absolute Gasteiger partial charge is 0.497 e. The number of nitrogens with zero attached hydrogens (tertiary/aromatic N) is 2. The first-order chi connectivity index (χ1) is 8.84. The number of hydrogen-bond acceptors (Lipinski definition) is 3. The Labute approximate surface area is 114 Å². The third-order valence-electron chi connectivity index (χ3n) is 3.18. The number of benzene rings is 1. The van der Waals surface area contributed by atoms with Gasteiger partial charge in [0.15, 0.2) is 0 Å². The molecular formula is C15H21N3O. The van der Waals surface area contributed by atoms with E-state index in [2.05, 4.69) is 25.9 Å². The molecule has 19 heavy (non-hydrogen) atoms. The monoisotopic (exact) mass is 259 g/mol. The van der Waals surface area contributed by atoms with E-state index in [0.717, 1.165) is 22.6 Å². The highest BCUT2D eigenvalue weighted by Crippen LogP contribution is 2.36. The molecule has 1 aromatic heterocycles. The molecule has 102 valence electrons. The van der Waals surface area contributed by atoms with Crippen molar-refractivity contribution in [2.75, 3.05) is 12.8 Å². The molecule has 0 spiro atoms. The molecule has 0 radical (unpaired) electrons. The van der Waals surface area contributed by atoms with Gasteiger partial charge in [-0.2, -0.15) is 5.10 Å². The second-order valence-corrected chi connectivity index (χ2v) is 5.71. The second-order valence-electron chi connectivity index (χ2n) is 5.71. The number of ether oxygens (including phenoxy) is 1. The topological polar surface area (TPSA) is 53.1 Å². The van der Waals surface area contributed by atoms with Gasteiger partial charge in [0.1, 0.15) is 11.6 Å². The van der Waals surface area contributed by atoms with Crippen molar-refractivity contribution >= 4 is 5.82 Å². The van der Waals surface area contributed by atoms with Gasteiger partial charge in [-0.3, -0.25) is 4.68 Å². The summed E-state index contributed by atoms with van der Waals surface area (Å²) in [6.45, 7) is 6.42. The van der Waals surface area contributed by atoms with Gasteiger partial charge in [-0.1, -0.05) is 32.9 Å².